The fraction of sp³-hybridized carbons (Fsp3) is 0.333. The Labute approximate surface area is 124 Å². The van der Waals surface area contributed by atoms with Gasteiger partial charge in [-0.1, -0.05) is 12.2 Å². The van der Waals surface area contributed by atoms with Crippen molar-refractivity contribution in [1.29, 1.82) is 0 Å². The van der Waals surface area contributed by atoms with Crippen LogP contribution in [-0.2, 0) is 9.59 Å². The number of nitro benzene ring substituents is 1. The number of carbonyl (C=O) groups excluding carboxylic acids is 2. The summed E-state index contributed by atoms with van der Waals surface area (Å²) in [5.74, 6) is -2.31. The summed E-state index contributed by atoms with van der Waals surface area (Å²) < 4.78 is 13.4. The van der Waals surface area contributed by atoms with Gasteiger partial charge in [-0.25, -0.2) is 4.90 Å². The number of fused-ring (bicyclic) bond motifs is 5. The van der Waals surface area contributed by atoms with E-state index in [1.54, 1.807) is 0 Å². The Morgan fingerprint density at radius 1 is 1.14 bits per heavy atom. The van der Waals surface area contributed by atoms with Crippen molar-refractivity contribution < 1.29 is 18.9 Å². The second-order valence-corrected chi connectivity index (χ2v) is 5.90. The lowest BCUT2D eigenvalue weighted by atomic mass is 9.85. The zero-order chi connectivity index (χ0) is 15.6. The number of nitrogens with zero attached hydrogens (tertiary/aromatic N) is 2. The number of halogens is 1. The van der Waals surface area contributed by atoms with Crippen LogP contribution in [0.25, 0.3) is 0 Å². The minimum absolute atomic E-state index is 0.0619. The highest BCUT2D eigenvalue weighted by Gasteiger charge is 2.59. The molecule has 6 nitrogen and oxygen atoms in total. The normalized spacial score (nSPS) is 32.0. The maximum atomic E-state index is 13.4. The molecule has 22 heavy (non-hydrogen) atoms. The van der Waals surface area contributed by atoms with Crippen LogP contribution in [0.3, 0.4) is 0 Å². The molecule has 2 amide bonds. The minimum Gasteiger partial charge on any atom is -0.274 e. The molecule has 1 heterocycles. The molecule has 1 aliphatic heterocycles. The first-order valence-corrected chi connectivity index (χ1v) is 6.99. The third-order valence-corrected chi connectivity index (χ3v) is 4.85. The molecule has 1 saturated heterocycles. The maximum absolute atomic E-state index is 13.4. The van der Waals surface area contributed by atoms with E-state index >= 15 is 0 Å². The van der Waals surface area contributed by atoms with Gasteiger partial charge in [-0.3, -0.25) is 19.7 Å². The first kappa shape index (κ1) is 13.1. The number of rotatable bonds is 2. The van der Waals surface area contributed by atoms with Gasteiger partial charge >= 0.3 is 5.69 Å². The van der Waals surface area contributed by atoms with E-state index in [4.69, 9.17) is 0 Å². The van der Waals surface area contributed by atoms with Crippen LogP contribution in [-0.4, -0.2) is 16.7 Å². The lowest BCUT2D eigenvalue weighted by Crippen LogP contribution is -2.32. The summed E-state index contributed by atoms with van der Waals surface area (Å²) in [5.41, 5.74) is -0.673. The molecule has 2 fully saturated rings. The van der Waals surface area contributed by atoms with Gasteiger partial charge in [0.05, 0.1) is 22.4 Å². The van der Waals surface area contributed by atoms with Gasteiger partial charge in [0.2, 0.25) is 17.6 Å². The Bertz CT molecular complexity index is 730. The summed E-state index contributed by atoms with van der Waals surface area (Å²) in [5, 5.41) is 10.8. The van der Waals surface area contributed by atoms with E-state index in [0.29, 0.717) is 0 Å². The van der Waals surface area contributed by atoms with Crippen LogP contribution >= 0.6 is 0 Å². The number of hydrogen-bond acceptors (Lipinski definition) is 4. The summed E-state index contributed by atoms with van der Waals surface area (Å²) >= 11 is 0. The topological polar surface area (TPSA) is 80.5 Å². The molecule has 0 spiro atoms. The number of nitro groups is 1. The Hall–Kier alpha value is -2.57. The highest BCUT2D eigenvalue weighted by atomic mass is 19.1. The second-order valence-electron chi connectivity index (χ2n) is 5.90. The Morgan fingerprint density at radius 3 is 2.27 bits per heavy atom. The fourth-order valence-electron chi connectivity index (χ4n) is 3.94. The third-order valence-electron chi connectivity index (χ3n) is 4.85. The number of carbonyl (C=O) groups is 2. The molecule has 0 unspecified atom stereocenters. The van der Waals surface area contributed by atoms with E-state index in [0.717, 1.165) is 23.5 Å². The Kier molecular flexibility index (Phi) is 2.52. The SMILES string of the molecule is O=C1[C@@H]2[C@@H](C(=O)N1c1ccc(F)c([N+](=O)[O-])c1)[C@H]1C=C[C@@H]2C1. The summed E-state index contributed by atoms with van der Waals surface area (Å²) in [4.78, 5) is 36.1. The van der Waals surface area contributed by atoms with Crippen LogP contribution in [0.2, 0.25) is 0 Å². The lowest BCUT2D eigenvalue weighted by molar-refractivity contribution is -0.387. The summed E-state index contributed by atoms with van der Waals surface area (Å²) in [6.07, 6.45) is 4.74. The van der Waals surface area contributed by atoms with Crippen LogP contribution in [0.4, 0.5) is 15.8 Å². The van der Waals surface area contributed by atoms with Crippen molar-refractivity contribution in [1.82, 2.24) is 0 Å². The molecule has 3 aliphatic rings. The van der Waals surface area contributed by atoms with Crippen molar-refractivity contribution in [3.05, 3.63) is 46.3 Å². The fourth-order valence-corrected chi connectivity index (χ4v) is 3.94. The largest absolute Gasteiger partial charge is 0.306 e. The van der Waals surface area contributed by atoms with Crippen LogP contribution in [0.1, 0.15) is 6.42 Å². The first-order chi connectivity index (χ1) is 10.5. The predicted octanol–water partition coefficient (Wildman–Crippen LogP) is 2.05. The first-order valence-electron chi connectivity index (χ1n) is 6.99. The van der Waals surface area contributed by atoms with Gasteiger partial charge < -0.3 is 0 Å². The van der Waals surface area contributed by atoms with E-state index in [1.165, 1.54) is 6.07 Å². The van der Waals surface area contributed by atoms with Gasteiger partial charge in [-0.2, -0.15) is 4.39 Å². The number of benzene rings is 1. The predicted molar refractivity (Wildman–Crippen MR) is 73.3 cm³/mol. The summed E-state index contributed by atoms with van der Waals surface area (Å²) in [6.45, 7) is 0. The average molecular weight is 302 g/mol. The van der Waals surface area contributed by atoms with Crippen LogP contribution in [0.5, 0.6) is 0 Å². The Balaban J connectivity index is 1.76. The molecule has 2 bridgehead atoms. The van der Waals surface area contributed by atoms with Crippen molar-refractivity contribution in [2.75, 3.05) is 4.90 Å². The highest BCUT2D eigenvalue weighted by molar-refractivity contribution is 6.22. The van der Waals surface area contributed by atoms with Crippen molar-refractivity contribution in [2.24, 2.45) is 23.7 Å². The van der Waals surface area contributed by atoms with E-state index in [-0.39, 0.29) is 41.2 Å². The molecule has 1 aromatic rings. The van der Waals surface area contributed by atoms with Crippen molar-refractivity contribution in [2.45, 2.75) is 6.42 Å². The van der Waals surface area contributed by atoms with E-state index < -0.39 is 16.4 Å². The summed E-state index contributed by atoms with van der Waals surface area (Å²) in [7, 11) is 0. The van der Waals surface area contributed by atoms with Crippen LogP contribution in [0.15, 0.2) is 30.4 Å². The van der Waals surface area contributed by atoms with Gasteiger partial charge in [0, 0.05) is 6.07 Å². The van der Waals surface area contributed by atoms with Gasteiger partial charge in [0.15, 0.2) is 0 Å². The molecule has 0 N–H and O–H groups in total. The number of amides is 2. The van der Waals surface area contributed by atoms with Gasteiger partial charge in [-0.15, -0.1) is 0 Å². The molecule has 0 radical (unpaired) electrons. The smallest absolute Gasteiger partial charge is 0.274 e. The molecular formula is C15H11FN2O4. The van der Waals surface area contributed by atoms with Crippen molar-refractivity contribution >= 4 is 23.2 Å². The summed E-state index contributed by atoms with van der Waals surface area (Å²) in [6, 6.07) is 3.09. The van der Waals surface area contributed by atoms with E-state index in [2.05, 4.69) is 0 Å². The monoisotopic (exact) mass is 302 g/mol. The molecule has 4 atom stereocenters. The third kappa shape index (κ3) is 1.53. The standard InChI is InChI=1S/C15H11FN2O4/c16-10-4-3-9(6-11(10)18(21)22)17-14(19)12-7-1-2-8(5-7)13(12)15(17)20/h1-4,6-8,12-13H,5H2/t7-,8+,12-,13-/m0/s1. The molecule has 1 saturated carbocycles. The second kappa shape index (κ2) is 4.22. The van der Waals surface area contributed by atoms with Crippen molar-refractivity contribution in [3.8, 4) is 0 Å². The number of imide groups is 1. The van der Waals surface area contributed by atoms with Gasteiger partial charge in [0.1, 0.15) is 0 Å². The van der Waals surface area contributed by atoms with Gasteiger partial charge in [0.25, 0.3) is 0 Å². The molecule has 0 aromatic heterocycles. The average Bonchev–Trinajstić information content (AvgIpc) is 3.14. The molecular weight excluding hydrogens is 291 g/mol. The minimum atomic E-state index is -0.991. The molecule has 112 valence electrons. The maximum Gasteiger partial charge on any atom is 0.306 e. The highest BCUT2D eigenvalue weighted by Crippen LogP contribution is 2.53. The molecule has 7 heteroatoms. The van der Waals surface area contributed by atoms with Crippen LogP contribution in [0, 0.1) is 39.6 Å². The number of anilines is 1. The van der Waals surface area contributed by atoms with Gasteiger partial charge in [-0.05, 0) is 30.4 Å². The zero-order valence-electron chi connectivity index (χ0n) is 11.3. The van der Waals surface area contributed by atoms with E-state index in [9.17, 15) is 24.1 Å². The zero-order valence-corrected chi connectivity index (χ0v) is 11.3. The quantitative estimate of drug-likeness (QED) is 0.362. The molecule has 2 aliphatic carbocycles. The van der Waals surface area contributed by atoms with Crippen LogP contribution < -0.4 is 4.90 Å². The Morgan fingerprint density at radius 2 is 1.73 bits per heavy atom. The number of allylic oxidation sites excluding steroid dienone is 2. The molecule has 1 aromatic carbocycles. The number of hydrogen-bond donors (Lipinski definition) is 0. The molecule has 4 rings (SSSR count). The van der Waals surface area contributed by atoms with E-state index in [1.807, 2.05) is 12.2 Å². The van der Waals surface area contributed by atoms with Crippen molar-refractivity contribution in [3.63, 3.8) is 0 Å². The lowest BCUT2D eigenvalue weighted by Gasteiger charge is -2.17.